The molecule has 106 valence electrons. The van der Waals surface area contributed by atoms with Crippen molar-refractivity contribution >= 4 is 29.1 Å². The first-order valence-electron chi connectivity index (χ1n) is 6.00. The van der Waals surface area contributed by atoms with Crippen LogP contribution in [0.5, 0.6) is 0 Å². The Hall–Kier alpha value is -1.49. The van der Waals surface area contributed by atoms with Crippen molar-refractivity contribution in [1.82, 2.24) is 10.3 Å². The van der Waals surface area contributed by atoms with Crippen LogP contribution in [0, 0.1) is 0 Å². The number of aromatic nitrogens is 1. The third kappa shape index (κ3) is 3.33. The molecule has 2 rings (SSSR count). The van der Waals surface area contributed by atoms with Crippen molar-refractivity contribution in [3.05, 3.63) is 57.8 Å². The second-order valence-corrected chi connectivity index (χ2v) is 5.45. The quantitative estimate of drug-likeness (QED) is 0.812. The highest BCUT2D eigenvalue weighted by Crippen LogP contribution is 2.22. The Balaban J connectivity index is 2.03. The van der Waals surface area contributed by atoms with Crippen LogP contribution in [0.4, 0.5) is 0 Å². The van der Waals surface area contributed by atoms with E-state index in [0.717, 1.165) is 5.56 Å². The molecule has 0 spiro atoms. The summed E-state index contributed by atoms with van der Waals surface area (Å²) in [6.45, 7) is 1.71. The summed E-state index contributed by atoms with van der Waals surface area (Å²) in [4.78, 5) is 14.6. The highest BCUT2D eigenvalue weighted by molar-refractivity contribution is 6.41. The van der Waals surface area contributed by atoms with Crippen molar-refractivity contribution in [3.63, 3.8) is 0 Å². The van der Waals surface area contributed by atoms with Crippen molar-refractivity contribution in [2.45, 2.75) is 12.5 Å². The fraction of sp³-hybridized carbons (Fsp3) is 0.214. The lowest BCUT2D eigenvalue weighted by molar-refractivity contribution is 0.0525. The number of hydrogen-bond acceptors (Lipinski definition) is 2. The van der Waals surface area contributed by atoms with Crippen LogP contribution in [0.1, 0.15) is 23.0 Å². The first-order valence-corrected chi connectivity index (χ1v) is 6.76. The van der Waals surface area contributed by atoms with Crippen LogP contribution in [0.2, 0.25) is 10.2 Å². The normalized spacial score (nSPS) is 13.8. The molecule has 4 nitrogen and oxygen atoms in total. The molecule has 2 aromatic rings. The Morgan fingerprint density at radius 3 is 2.55 bits per heavy atom. The summed E-state index contributed by atoms with van der Waals surface area (Å²) in [7, 11) is 0. The van der Waals surface area contributed by atoms with Crippen molar-refractivity contribution < 1.29 is 9.90 Å². The molecule has 1 heterocycles. The molecule has 1 atom stereocenters. The SMILES string of the molecule is CC(O)(CNC(=O)c1cc(Cl)c(Cl)[nH]1)c1ccccc1. The van der Waals surface area contributed by atoms with Gasteiger partial charge in [0.2, 0.25) is 0 Å². The van der Waals surface area contributed by atoms with Gasteiger partial charge in [0.1, 0.15) is 16.4 Å². The Bertz CT molecular complexity index is 589. The van der Waals surface area contributed by atoms with E-state index in [2.05, 4.69) is 10.3 Å². The van der Waals surface area contributed by atoms with Crippen molar-refractivity contribution in [2.75, 3.05) is 6.54 Å². The number of rotatable bonds is 4. The van der Waals surface area contributed by atoms with Crippen molar-refractivity contribution in [2.24, 2.45) is 0 Å². The van der Waals surface area contributed by atoms with Gasteiger partial charge in [0.15, 0.2) is 0 Å². The smallest absolute Gasteiger partial charge is 0.267 e. The monoisotopic (exact) mass is 312 g/mol. The first kappa shape index (κ1) is 14.9. The minimum absolute atomic E-state index is 0.0735. The predicted octanol–water partition coefficient (Wildman–Crippen LogP) is 2.96. The van der Waals surface area contributed by atoms with Crippen LogP contribution >= 0.6 is 23.2 Å². The fourth-order valence-corrected chi connectivity index (χ4v) is 2.09. The molecule has 1 aromatic heterocycles. The van der Waals surface area contributed by atoms with Crippen LogP contribution in [0.25, 0.3) is 0 Å². The summed E-state index contributed by atoms with van der Waals surface area (Å²) < 4.78 is 0. The molecule has 0 bridgehead atoms. The zero-order valence-electron chi connectivity index (χ0n) is 10.8. The average Bonchev–Trinajstić information content (AvgIpc) is 2.77. The van der Waals surface area contributed by atoms with Crippen LogP contribution in [0.3, 0.4) is 0 Å². The Morgan fingerprint density at radius 2 is 2.00 bits per heavy atom. The van der Waals surface area contributed by atoms with Gasteiger partial charge in [-0.05, 0) is 18.6 Å². The van der Waals surface area contributed by atoms with Gasteiger partial charge in [-0.15, -0.1) is 0 Å². The van der Waals surface area contributed by atoms with E-state index in [9.17, 15) is 9.90 Å². The van der Waals surface area contributed by atoms with Gasteiger partial charge in [0.05, 0.1) is 11.6 Å². The molecule has 1 unspecified atom stereocenters. The van der Waals surface area contributed by atoms with Gasteiger partial charge in [0, 0.05) is 0 Å². The standard InChI is InChI=1S/C14H14Cl2N2O2/c1-14(20,9-5-3-2-4-6-9)8-17-13(19)11-7-10(15)12(16)18-11/h2-7,18,20H,8H2,1H3,(H,17,19). The second kappa shape index (κ2) is 5.87. The maximum atomic E-state index is 11.9. The summed E-state index contributed by atoms with van der Waals surface area (Å²) in [6, 6.07) is 10.6. The largest absolute Gasteiger partial charge is 0.384 e. The molecule has 0 fully saturated rings. The Labute approximate surface area is 126 Å². The molecule has 1 aromatic carbocycles. The van der Waals surface area contributed by atoms with Gasteiger partial charge < -0.3 is 15.4 Å². The van der Waals surface area contributed by atoms with E-state index in [0.29, 0.717) is 0 Å². The van der Waals surface area contributed by atoms with Crippen LogP contribution in [0.15, 0.2) is 36.4 Å². The Kier molecular flexibility index (Phi) is 4.38. The molecule has 20 heavy (non-hydrogen) atoms. The Morgan fingerprint density at radius 1 is 1.35 bits per heavy atom. The number of carbonyl (C=O) groups is 1. The fourth-order valence-electron chi connectivity index (χ4n) is 1.77. The lowest BCUT2D eigenvalue weighted by Crippen LogP contribution is -2.38. The second-order valence-electron chi connectivity index (χ2n) is 4.67. The summed E-state index contributed by atoms with van der Waals surface area (Å²) in [6.07, 6.45) is 0. The summed E-state index contributed by atoms with van der Waals surface area (Å²) in [5.41, 5.74) is -0.177. The molecule has 0 aliphatic heterocycles. The lowest BCUT2D eigenvalue weighted by atomic mass is 9.96. The first-order chi connectivity index (χ1) is 9.40. The van der Waals surface area contributed by atoms with Crippen LogP contribution < -0.4 is 5.32 Å². The molecule has 1 amide bonds. The summed E-state index contributed by atoms with van der Waals surface area (Å²) >= 11 is 11.5. The van der Waals surface area contributed by atoms with E-state index in [-0.39, 0.29) is 28.3 Å². The zero-order valence-corrected chi connectivity index (χ0v) is 12.3. The predicted molar refractivity (Wildman–Crippen MR) is 79.2 cm³/mol. The lowest BCUT2D eigenvalue weighted by Gasteiger charge is -2.24. The average molecular weight is 313 g/mol. The van der Waals surface area contributed by atoms with E-state index in [4.69, 9.17) is 23.2 Å². The number of aromatic amines is 1. The number of amides is 1. The maximum absolute atomic E-state index is 11.9. The maximum Gasteiger partial charge on any atom is 0.267 e. The van der Waals surface area contributed by atoms with Crippen molar-refractivity contribution in [3.8, 4) is 0 Å². The van der Waals surface area contributed by atoms with Crippen LogP contribution in [-0.4, -0.2) is 22.5 Å². The number of hydrogen-bond donors (Lipinski definition) is 3. The topological polar surface area (TPSA) is 65.1 Å². The number of H-pyrrole nitrogens is 1. The van der Waals surface area contributed by atoms with Crippen LogP contribution in [-0.2, 0) is 5.60 Å². The zero-order chi connectivity index (χ0) is 14.8. The molecule has 3 N–H and O–H groups in total. The third-order valence-electron chi connectivity index (χ3n) is 2.96. The number of benzene rings is 1. The highest BCUT2D eigenvalue weighted by Gasteiger charge is 2.24. The van der Waals surface area contributed by atoms with Gasteiger partial charge in [0.25, 0.3) is 5.91 Å². The third-order valence-corrected chi connectivity index (χ3v) is 3.65. The molecule has 0 saturated heterocycles. The molecular weight excluding hydrogens is 299 g/mol. The van der Waals surface area contributed by atoms with Gasteiger partial charge in [-0.2, -0.15) is 0 Å². The molecule has 6 heteroatoms. The molecular formula is C14H14Cl2N2O2. The number of nitrogens with one attached hydrogen (secondary N) is 2. The van der Waals surface area contributed by atoms with E-state index in [1.54, 1.807) is 19.1 Å². The van der Waals surface area contributed by atoms with Gasteiger partial charge in [-0.25, -0.2) is 0 Å². The minimum atomic E-state index is -1.16. The van der Waals surface area contributed by atoms with Gasteiger partial charge in [-0.3, -0.25) is 4.79 Å². The van der Waals surface area contributed by atoms with E-state index < -0.39 is 5.60 Å². The number of aliphatic hydroxyl groups is 1. The molecule has 0 aliphatic rings. The van der Waals surface area contributed by atoms with E-state index in [1.165, 1.54) is 6.07 Å². The summed E-state index contributed by atoms with van der Waals surface area (Å²) in [5, 5.41) is 13.5. The van der Waals surface area contributed by atoms with E-state index in [1.807, 2.05) is 18.2 Å². The summed E-state index contributed by atoms with van der Waals surface area (Å²) in [5.74, 6) is -0.380. The highest BCUT2D eigenvalue weighted by atomic mass is 35.5. The number of carbonyl (C=O) groups excluding carboxylic acids is 1. The van der Waals surface area contributed by atoms with Gasteiger partial charge >= 0.3 is 0 Å². The number of halogens is 2. The molecule has 0 aliphatic carbocycles. The van der Waals surface area contributed by atoms with Crippen molar-refractivity contribution in [1.29, 1.82) is 0 Å². The van der Waals surface area contributed by atoms with Gasteiger partial charge in [-0.1, -0.05) is 53.5 Å². The minimum Gasteiger partial charge on any atom is -0.384 e. The van der Waals surface area contributed by atoms with E-state index >= 15 is 0 Å². The molecule has 0 radical (unpaired) electrons. The molecule has 0 saturated carbocycles.